The van der Waals surface area contributed by atoms with E-state index in [1.54, 1.807) is 12.1 Å². The molecular formula is C22H27ClFN3O4. The lowest BCUT2D eigenvalue weighted by atomic mass is 10.0. The Kier molecular flexibility index (Phi) is 7.95. The Morgan fingerprint density at radius 1 is 1.35 bits per heavy atom. The summed E-state index contributed by atoms with van der Waals surface area (Å²) in [7, 11) is 1.45. The van der Waals surface area contributed by atoms with E-state index in [-0.39, 0.29) is 28.4 Å². The van der Waals surface area contributed by atoms with Crippen molar-refractivity contribution in [3.63, 3.8) is 0 Å². The van der Waals surface area contributed by atoms with Gasteiger partial charge in [-0.3, -0.25) is 4.79 Å². The number of nitrogens with two attached hydrogens (primary N) is 1. The molecule has 0 radical (unpaired) electrons. The zero-order valence-corrected chi connectivity index (χ0v) is 18.1. The van der Waals surface area contributed by atoms with Crippen LogP contribution in [0.3, 0.4) is 0 Å². The zero-order chi connectivity index (χ0) is 22.4. The second-order valence-corrected chi connectivity index (χ2v) is 7.87. The van der Waals surface area contributed by atoms with Crippen LogP contribution in [0, 0.1) is 5.82 Å². The van der Waals surface area contributed by atoms with Gasteiger partial charge in [0.15, 0.2) is 0 Å². The first-order valence-corrected chi connectivity index (χ1v) is 10.5. The summed E-state index contributed by atoms with van der Waals surface area (Å²) in [5.41, 5.74) is 6.36. The monoisotopic (exact) mass is 451 g/mol. The van der Waals surface area contributed by atoms with Crippen LogP contribution in [0.1, 0.15) is 23.2 Å². The van der Waals surface area contributed by atoms with Gasteiger partial charge in [0.2, 0.25) is 0 Å². The normalized spacial score (nSPS) is 19.1. The number of β-amino-alcohol motifs (C(OH)–C–C–N with tert-alkyl or cyclic N) is 1. The van der Waals surface area contributed by atoms with Crippen molar-refractivity contribution in [2.45, 2.75) is 25.0 Å². The molecule has 0 aliphatic carbocycles. The van der Waals surface area contributed by atoms with Gasteiger partial charge in [0.05, 0.1) is 42.1 Å². The number of nitrogens with one attached hydrogen (secondary N) is 1. The molecule has 0 spiro atoms. The number of likely N-dealkylation sites (tertiary alicyclic amines) is 1. The van der Waals surface area contributed by atoms with E-state index in [9.17, 15) is 14.3 Å². The molecule has 31 heavy (non-hydrogen) atoms. The molecule has 1 saturated heterocycles. The first-order chi connectivity index (χ1) is 14.9. The first-order valence-electron chi connectivity index (χ1n) is 10.1. The van der Waals surface area contributed by atoms with Gasteiger partial charge in [-0.15, -0.1) is 0 Å². The number of nitrogen functional groups attached to an aromatic ring is 1. The molecular weight excluding hydrogens is 425 g/mol. The number of hydrogen-bond acceptors (Lipinski definition) is 6. The third-order valence-electron chi connectivity index (χ3n) is 5.25. The van der Waals surface area contributed by atoms with E-state index in [0.717, 1.165) is 19.5 Å². The van der Waals surface area contributed by atoms with Crippen LogP contribution in [0.5, 0.6) is 11.5 Å². The number of benzene rings is 2. The Balaban J connectivity index is 1.45. The maximum atomic E-state index is 12.9. The average Bonchev–Trinajstić information content (AvgIpc) is 2.75. The van der Waals surface area contributed by atoms with Crippen LogP contribution in [-0.2, 0) is 0 Å². The van der Waals surface area contributed by atoms with Crippen LogP contribution in [0.25, 0.3) is 0 Å². The summed E-state index contributed by atoms with van der Waals surface area (Å²) in [6.07, 6.45) is 0.671. The van der Waals surface area contributed by atoms with E-state index in [1.165, 1.54) is 31.4 Å². The van der Waals surface area contributed by atoms with Crippen molar-refractivity contribution in [3.8, 4) is 11.5 Å². The quantitative estimate of drug-likeness (QED) is 0.422. The van der Waals surface area contributed by atoms with Crippen LogP contribution in [0.15, 0.2) is 36.4 Å². The van der Waals surface area contributed by atoms with Gasteiger partial charge in [0.1, 0.15) is 17.3 Å². The molecule has 3 rings (SSSR count). The highest BCUT2D eigenvalue weighted by molar-refractivity contribution is 6.33. The van der Waals surface area contributed by atoms with Gasteiger partial charge in [-0.25, -0.2) is 4.39 Å². The van der Waals surface area contributed by atoms with Crippen molar-refractivity contribution >= 4 is 23.2 Å². The summed E-state index contributed by atoms with van der Waals surface area (Å²) in [4.78, 5) is 14.8. The molecule has 1 heterocycles. The minimum Gasteiger partial charge on any atom is -0.496 e. The molecule has 7 nitrogen and oxygen atoms in total. The zero-order valence-electron chi connectivity index (χ0n) is 17.3. The van der Waals surface area contributed by atoms with Crippen LogP contribution in [0.4, 0.5) is 10.1 Å². The number of ether oxygens (including phenoxy) is 2. The van der Waals surface area contributed by atoms with Gasteiger partial charge < -0.3 is 30.5 Å². The van der Waals surface area contributed by atoms with Gasteiger partial charge in [0, 0.05) is 25.7 Å². The molecule has 1 aliphatic rings. The summed E-state index contributed by atoms with van der Waals surface area (Å²) in [6, 6.07) is 8.50. The van der Waals surface area contributed by atoms with Crippen molar-refractivity contribution in [2.75, 3.05) is 39.1 Å². The van der Waals surface area contributed by atoms with Gasteiger partial charge in [0.25, 0.3) is 5.91 Å². The summed E-state index contributed by atoms with van der Waals surface area (Å²) >= 11 is 6.04. The summed E-state index contributed by atoms with van der Waals surface area (Å²) in [6.45, 7) is 2.43. The Bertz CT molecular complexity index is 897. The van der Waals surface area contributed by atoms with E-state index in [1.807, 2.05) is 0 Å². The lowest BCUT2D eigenvalue weighted by molar-refractivity contribution is 0.0362. The standard InChI is InChI=1S/C22H27ClFN3O4/c1-30-21-12-18(25)17(23)11-16(21)22(29)26-19-7-9-27(13-20(19)28)8-2-10-31-15-5-3-14(24)4-6-15/h3-6,11-12,19-20,28H,2,7-10,13,25H2,1H3,(H,26,29)/t19-,20+/m1/s1. The number of anilines is 1. The van der Waals surface area contributed by atoms with Gasteiger partial charge in [-0.05, 0) is 43.2 Å². The number of halogens is 2. The van der Waals surface area contributed by atoms with Crippen LogP contribution in [0.2, 0.25) is 5.02 Å². The van der Waals surface area contributed by atoms with Crippen molar-refractivity contribution in [1.29, 1.82) is 0 Å². The molecule has 1 aliphatic heterocycles. The summed E-state index contributed by atoms with van der Waals surface area (Å²) < 4.78 is 23.7. The molecule has 0 bridgehead atoms. The molecule has 2 aromatic carbocycles. The number of piperidine rings is 1. The largest absolute Gasteiger partial charge is 0.496 e. The van der Waals surface area contributed by atoms with Crippen molar-refractivity contribution < 1.29 is 23.8 Å². The number of carbonyl (C=O) groups excluding carboxylic acids is 1. The molecule has 0 unspecified atom stereocenters. The lowest BCUT2D eigenvalue weighted by Gasteiger charge is -2.36. The Hall–Kier alpha value is -2.55. The van der Waals surface area contributed by atoms with Gasteiger partial charge >= 0.3 is 0 Å². The lowest BCUT2D eigenvalue weighted by Crippen LogP contribution is -2.54. The molecule has 1 amide bonds. The number of aliphatic hydroxyl groups excluding tert-OH is 1. The highest BCUT2D eigenvalue weighted by Crippen LogP contribution is 2.29. The minimum atomic E-state index is -0.703. The maximum Gasteiger partial charge on any atom is 0.255 e. The molecule has 168 valence electrons. The molecule has 0 aromatic heterocycles. The van der Waals surface area contributed by atoms with Crippen LogP contribution < -0.4 is 20.5 Å². The van der Waals surface area contributed by atoms with Gasteiger partial charge in [-0.1, -0.05) is 11.6 Å². The number of amides is 1. The predicted octanol–water partition coefficient (Wildman–Crippen LogP) is 2.70. The number of methoxy groups -OCH3 is 1. The fourth-order valence-electron chi connectivity index (χ4n) is 3.54. The van der Waals surface area contributed by atoms with Crippen molar-refractivity contribution in [1.82, 2.24) is 10.2 Å². The smallest absolute Gasteiger partial charge is 0.255 e. The van der Waals surface area contributed by atoms with Crippen molar-refractivity contribution in [3.05, 3.63) is 52.8 Å². The molecule has 0 saturated carbocycles. The Labute approximate surface area is 185 Å². The molecule has 9 heteroatoms. The average molecular weight is 452 g/mol. The third-order valence-corrected chi connectivity index (χ3v) is 5.57. The van der Waals surface area contributed by atoms with Gasteiger partial charge in [-0.2, -0.15) is 0 Å². The number of hydrogen-bond donors (Lipinski definition) is 3. The van der Waals surface area contributed by atoms with E-state index >= 15 is 0 Å². The SMILES string of the molecule is COc1cc(N)c(Cl)cc1C(=O)N[C@@H]1CCN(CCCOc2ccc(F)cc2)C[C@@H]1O. The second-order valence-electron chi connectivity index (χ2n) is 7.47. The minimum absolute atomic E-state index is 0.268. The highest BCUT2D eigenvalue weighted by atomic mass is 35.5. The Morgan fingerprint density at radius 3 is 2.77 bits per heavy atom. The van der Waals surface area contributed by atoms with E-state index in [2.05, 4.69) is 10.2 Å². The van der Waals surface area contributed by atoms with E-state index in [4.69, 9.17) is 26.8 Å². The van der Waals surface area contributed by atoms with Crippen LogP contribution >= 0.6 is 11.6 Å². The summed E-state index contributed by atoms with van der Waals surface area (Å²) in [5.74, 6) is 0.284. The molecule has 2 atom stereocenters. The number of rotatable bonds is 8. The fraction of sp³-hybridized carbons (Fsp3) is 0.409. The summed E-state index contributed by atoms with van der Waals surface area (Å²) in [5, 5.41) is 13.7. The number of nitrogens with zero attached hydrogens (tertiary/aromatic N) is 1. The first kappa shape index (κ1) is 23.1. The topological polar surface area (TPSA) is 97.0 Å². The predicted molar refractivity (Wildman–Crippen MR) is 117 cm³/mol. The highest BCUT2D eigenvalue weighted by Gasteiger charge is 2.29. The van der Waals surface area contributed by atoms with E-state index < -0.39 is 6.10 Å². The fourth-order valence-corrected chi connectivity index (χ4v) is 3.70. The molecule has 2 aromatic rings. The molecule has 4 N–H and O–H groups in total. The molecule has 1 fully saturated rings. The van der Waals surface area contributed by atoms with E-state index in [0.29, 0.717) is 36.8 Å². The second kappa shape index (κ2) is 10.7. The number of carbonyl (C=O) groups is 1. The number of aliphatic hydroxyl groups is 1. The van der Waals surface area contributed by atoms with Crippen LogP contribution in [-0.4, -0.2) is 61.4 Å². The van der Waals surface area contributed by atoms with Crippen molar-refractivity contribution in [2.24, 2.45) is 0 Å². The maximum absolute atomic E-state index is 12.9. The third kappa shape index (κ3) is 6.22. The Morgan fingerprint density at radius 2 is 2.10 bits per heavy atom.